The van der Waals surface area contributed by atoms with Crippen LogP contribution >= 0.6 is 11.6 Å². The number of halogens is 1. The lowest BCUT2D eigenvalue weighted by Gasteiger charge is -2.04. The first-order valence-corrected chi connectivity index (χ1v) is 4.17. The molecule has 0 heterocycles. The summed E-state index contributed by atoms with van der Waals surface area (Å²) in [6.07, 6.45) is 0. The van der Waals surface area contributed by atoms with E-state index >= 15 is 0 Å². The number of nitro groups is 1. The topological polar surface area (TPSA) is 95.5 Å². The second-order valence-corrected chi connectivity index (χ2v) is 3.03. The van der Waals surface area contributed by atoms with Gasteiger partial charge in [0.1, 0.15) is 16.3 Å². The van der Waals surface area contributed by atoms with E-state index in [4.69, 9.17) is 22.1 Å². The van der Waals surface area contributed by atoms with Crippen molar-refractivity contribution in [3.8, 4) is 5.75 Å². The van der Waals surface area contributed by atoms with E-state index in [9.17, 15) is 14.9 Å². The zero-order chi connectivity index (χ0) is 11.6. The zero-order valence-corrected chi connectivity index (χ0v) is 8.45. The fourth-order valence-electron chi connectivity index (χ4n) is 1.07. The molecule has 80 valence electrons. The Morgan fingerprint density at radius 2 is 2.20 bits per heavy atom. The Morgan fingerprint density at radius 1 is 1.60 bits per heavy atom. The Kier molecular flexibility index (Phi) is 3.11. The van der Waals surface area contributed by atoms with Crippen LogP contribution in [-0.4, -0.2) is 17.9 Å². The lowest BCUT2D eigenvalue weighted by Crippen LogP contribution is -2.13. The van der Waals surface area contributed by atoms with Gasteiger partial charge in [0, 0.05) is 6.07 Å². The number of carbonyl (C=O) groups excluding carboxylic acids is 1. The summed E-state index contributed by atoms with van der Waals surface area (Å²) >= 11 is 5.62. The highest BCUT2D eigenvalue weighted by molar-refractivity contribution is 6.33. The lowest BCUT2D eigenvalue weighted by atomic mass is 10.1. The number of hydrogen-bond acceptors (Lipinski definition) is 4. The van der Waals surface area contributed by atoms with Gasteiger partial charge in [-0.3, -0.25) is 14.9 Å². The second kappa shape index (κ2) is 4.14. The molecule has 0 aliphatic rings. The van der Waals surface area contributed by atoms with E-state index in [0.29, 0.717) is 0 Å². The minimum Gasteiger partial charge on any atom is -0.497 e. The number of nitrogens with two attached hydrogens (primary N) is 1. The van der Waals surface area contributed by atoms with E-state index in [0.717, 1.165) is 0 Å². The molecule has 15 heavy (non-hydrogen) atoms. The first-order valence-electron chi connectivity index (χ1n) is 3.79. The molecule has 1 amide bonds. The van der Waals surface area contributed by atoms with Crippen LogP contribution in [0, 0.1) is 10.1 Å². The van der Waals surface area contributed by atoms with Crippen LogP contribution in [0.3, 0.4) is 0 Å². The first-order chi connectivity index (χ1) is 6.97. The van der Waals surface area contributed by atoms with Crippen molar-refractivity contribution < 1.29 is 14.5 Å². The fourth-order valence-corrected chi connectivity index (χ4v) is 1.34. The van der Waals surface area contributed by atoms with Crippen LogP contribution in [0.2, 0.25) is 5.02 Å². The molecule has 7 heteroatoms. The third-order valence-electron chi connectivity index (χ3n) is 1.72. The number of primary amides is 1. The van der Waals surface area contributed by atoms with E-state index < -0.39 is 16.5 Å². The summed E-state index contributed by atoms with van der Waals surface area (Å²) in [5.74, 6) is -0.693. The van der Waals surface area contributed by atoms with Crippen LogP contribution in [0.15, 0.2) is 12.1 Å². The summed E-state index contributed by atoms with van der Waals surface area (Å²) in [7, 11) is 1.35. The molecule has 0 aliphatic carbocycles. The largest absolute Gasteiger partial charge is 0.497 e. The first kappa shape index (κ1) is 11.3. The van der Waals surface area contributed by atoms with Crippen molar-refractivity contribution in [2.24, 2.45) is 5.73 Å². The summed E-state index contributed by atoms with van der Waals surface area (Å²) in [5, 5.41) is 10.4. The third kappa shape index (κ3) is 2.16. The lowest BCUT2D eigenvalue weighted by molar-refractivity contribution is -0.385. The molecular formula is C8H7ClN2O4. The SMILES string of the molecule is COc1cc(Cl)c([N+](=O)[O-])c(C(N)=O)c1. The van der Waals surface area contributed by atoms with Gasteiger partial charge >= 0.3 is 5.69 Å². The summed E-state index contributed by atoms with van der Waals surface area (Å²) in [4.78, 5) is 20.8. The second-order valence-electron chi connectivity index (χ2n) is 2.63. The number of amides is 1. The average molecular weight is 231 g/mol. The number of hydrogen-bond donors (Lipinski definition) is 1. The molecule has 1 aromatic carbocycles. The minimum atomic E-state index is -0.928. The summed E-state index contributed by atoms with van der Waals surface area (Å²) in [6.45, 7) is 0. The highest BCUT2D eigenvalue weighted by Crippen LogP contribution is 2.32. The van der Waals surface area contributed by atoms with Gasteiger partial charge in [-0.15, -0.1) is 0 Å². The smallest absolute Gasteiger partial charge is 0.300 e. The number of carbonyl (C=O) groups is 1. The number of nitrogens with zero attached hydrogens (tertiary/aromatic N) is 1. The average Bonchev–Trinajstić information content (AvgIpc) is 2.15. The van der Waals surface area contributed by atoms with Gasteiger partial charge in [-0.2, -0.15) is 0 Å². The quantitative estimate of drug-likeness (QED) is 0.626. The van der Waals surface area contributed by atoms with E-state index in [1.807, 2.05) is 0 Å². The molecule has 0 saturated carbocycles. The normalized spacial score (nSPS) is 9.73. The van der Waals surface area contributed by atoms with Gasteiger partial charge in [0.25, 0.3) is 5.91 Å². The maximum absolute atomic E-state index is 11.0. The van der Waals surface area contributed by atoms with Crippen LogP contribution in [0.5, 0.6) is 5.75 Å². The van der Waals surface area contributed by atoms with E-state index in [2.05, 4.69) is 0 Å². The van der Waals surface area contributed by atoms with Crippen molar-refractivity contribution in [1.82, 2.24) is 0 Å². The number of benzene rings is 1. The minimum absolute atomic E-state index is 0.187. The zero-order valence-electron chi connectivity index (χ0n) is 7.69. The van der Waals surface area contributed by atoms with Gasteiger partial charge < -0.3 is 10.5 Å². The standard InChI is InChI=1S/C8H7ClN2O4/c1-15-4-2-5(8(10)12)7(11(13)14)6(9)3-4/h2-3H,1H3,(H2,10,12). The molecule has 0 aliphatic heterocycles. The molecule has 0 fully saturated rings. The number of methoxy groups -OCH3 is 1. The monoisotopic (exact) mass is 230 g/mol. The van der Waals surface area contributed by atoms with Gasteiger partial charge in [0.05, 0.1) is 12.0 Å². The van der Waals surface area contributed by atoms with Crippen LogP contribution in [0.4, 0.5) is 5.69 Å². The molecule has 0 saturated heterocycles. The molecule has 6 nitrogen and oxygen atoms in total. The third-order valence-corrected chi connectivity index (χ3v) is 2.01. The molecule has 0 aromatic heterocycles. The van der Waals surface area contributed by atoms with Gasteiger partial charge in [-0.1, -0.05) is 11.6 Å². The number of rotatable bonds is 3. The summed E-state index contributed by atoms with van der Waals surface area (Å²) in [6, 6.07) is 2.42. The predicted octanol–water partition coefficient (Wildman–Crippen LogP) is 1.36. The molecule has 0 atom stereocenters. The molecule has 0 radical (unpaired) electrons. The summed E-state index contributed by atoms with van der Waals surface area (Å²) in [5.41, 5.74) is 4.20. The van der Waals surface area contributed by atoms with Crippen molar-refractivity contribution in [1.29, 1.82) is 0 Å². The number of nitro benzene ring substituents is 1. The molecule has 0 bridgehead atoms. The van der Waals surface area contributed by atoms with Crippen molar-refractivity contribution in [2.75, 3.05) is 7.11 Å². The molecule has 1 rings (SSSR count). The molecule has 0 unspecified atom stereocenters. The van der Waals surface area contributed by atoms with Crippen LogP contribution in [0.25, 0.3) is 0 Å². The Labute approximate surface area is 89.7 Å². The molecule has 1 aromatic rings. The Morgan fingerprint density at radius 3 is 2.60 bits per heavy atom. The van der Waals surface area contributed by atoms with Gasteiger partial charge in [0.15, 0.2) is 0 Å². The Hall–Kier alpha value is -1.82. The maximum atomic E-state index is 11.0. The predicted molar refractivity (Wildman–Crippen MR) is 53.2 cm³/mol. The van der Waals surface area contributed by atoms with Crippen LogP contribution < -0.4 is 10.5 Å². The van der Waals surface area contributed by atoms with Crippen LogP contribution in [0.1, 0.15) is 10.4 Å². The van der Waals surface area contributed by atoms with Crippen LogP contribution in [-0.2, 0) is 0 Å². The van der Waals surface area contributed by atoms with Crippen molar-refractivity contribution in [2.45, 2.75) is 0 Å². The van der Waals surface area contributed by atoms with E-state index in [1.165, 1.54) is 19.2 Å². The highest BCUT2D eigenvalue weighted by atomic mass is 35.5. The molecule has 2 N–H and O–H groups in total. The summed E-state index contributed by atoms with van der Waals surface area (Å²) < 4.78 is 4.81. The van der Waals surface area contributed by atoms with Crippen molar-refractivity contribution in [3.63, 3.8) is 0 Å². The van der Waals surface area contributed by atoms with Crippen molar-refractivity contribution >= 4 is 23.2 Å². The highest BCUT2D eigenvalue weighted by Gasteiger charge is 2.23. The Balaban J connectivity index is 3.49. The maximum Gasteiger partial charge on any atom is 0.300 e. The number of ether oxygens (including phenoxy) is 1. The van der Waals surface area contributed by atoms with E-state index in [1.54, 1.807) is 0 Å². The van der Waals surface area contributed by atoms with Gasteiger partial charge in [-0.25, -0.2) is 0 Å². The Bertz CT molecular complexity index is 433. The fraction of sp³-hybridized carbons (Fsp3) is 0.125. The van der Waals surface area contributed by atoms with Gasteiger partial charge in [0.2, 0.25) is 0 Å². The molecular weight excluding hydrogens is 224 g/mol. The van der Waals surface area contributed by atoms with E-state index in [-0.39, 0.29) is 16.3 Å². The van der Waals surface area contributed by atoms with Gasteiger partial charge in [-0.05, 0) is 6.07 Å². The molecule has 0 spiro atoms. The van der Waals surface area contributed by atoms with Crippen molar-refractivity contribution in [3.05, 3.63) is 32.8 Å².